The Kier molecular flexibility index (Phi) is 5.94. The Morgan fingerprint density at radius 1 is 1.52 bits per heavy atom. The Labute approximate surface area is 134 Å². The van der Waals surface area contributed by atoms with Crippen molar-refractivity contribution in [3.8, 4) is 0 Å². The third-order valence-electron chi connectivity index (χ3n) is 3.64. The molecule has 9 nitrogen and oxygen atoms in total. The van der Waals surface area contributed by atoms with E-state index in [0.717, 1.165) is 5.69 Å². The Morgan fingerprint density at radius 2 is 2.30 bits per heavy atom. The summed E-state index contributed by atoms with van der Waals surface area (Å²) in [7, 11) is 3.16. The Hall–Kier alpha value is -2.13. The van der Waals surface area contributed by atoms with E-state index in [2.05, 4.69) is 15.7 Å². The van der Waals surface area contributed by atoms with E-state index in [1.165, 1.54) is 0 Å². The van der Waals surface area contributed by atoms with E-state index in [-0.39, 0.29) is 24.5 Å². The van der Waals surface area contributed by atoms with Crippen molar-refractivity contribution in [3.05, 3.63) is 11.8 Å². The lowest BCUT2D eigenvalue weighted by atomic mass is 10.2. The van der Waals surface area contributed by atoms with Crippen molar-refractivity contribution < 1.29 is 19.1 Å². The Balaban J connectivity index is 2.01. The van der Waals surface area contributed by atoms with Gasteiger partial charge in [-0.05, 0) is 6.92 Å². The van der Waals surface area contributed by atoms with Gasteiger partial charge < -0.3 is 19.7 Å². The van der Waals surface area contributed by atoms with Crippen LogP contribution in [0.2, 0.25) is 0 Å². The number of nitrogens with zero attached hydrogens (tertiary/aromatic N) is 3. The molecule has 0 aromatic carbocycles. The molecule has 1 atom stereocenters. The topological polar surface area (TPSA) is 97.7 Å². The van der Waals surface area contributed by atoms with E-state index in [9.17, 15) is 9.59 Å². The molecule has 1 aromatic rings. The van der Waals surface area contributed by atoms with Crippen molar-refractivity contribution in [2.75, 3.05) is 45.8 Å². The van der Waals surface area contributed by atoms with Gasteiger partial charge in [0.2, 0.25) is 5.91 Å². The summed E-state index contributed by atoms with van der Waals surface area (Å²) in [5, 5.41) is 9.54. The quantitative estimate of drug-likeness (QED) is 0.782. The molecule has 2 heterocycles. The van der Waals surface area contributed by atoms with Gasteiger partial charge in [0.15, 0.2) is 5.82 Å². The second kappa shape index (κ2) is 7.93. The first-order chi connectivity index (χ1) is 11.0. The van der Waals surface area contributed by atoms with E-state index in [4.69, 9.17) is 9.47 Å². The molecule has 1 fully saturated rings. The maximum atomic E-state index is 12.4. The molecule has 128 valence electrons. The van der Waals surface area contributed by atoms with Gasteiger partial charge in [0.25, 0.3) is 0 Å². The number of ether oxygens (including phenoxy) is 2. The van der Waals surface area contributed by atoms with Gasteiger partial charge in [-0.25, -0.2) is 4.79 Å². The first-order valence-corrected chi connectivity index (χ1v) is 7.44. The van der Waals surface area contributed by atoms with Crippen molar-refractivity contribution in [3.63, 3.8) is 0 Å². The minimum Gasteiger partial charge on any atom is -0.382 e. The van der Waals surface area contributed by atoms with E-state index in [0.29, 0.717) is 32.2 Å². The van der Waals surface area contributed by atoms with Gasteiger partial charge in [0.1, 0.15) is 6.54 Å². The molecule has 0 spiro atoms. The molecule has 2 N–H and O–H groups in total. The highest BCUT2D eigenvalue weighted by Crippen LogP contribution is 2.13. The summed E-state index contributed by atoms with van der Waals surface area (Å²) in [5.74, 6) is 0.265. The maximum absolute atomic E-state index is 12.4. The van der Waals surface area contributed by atoms with Gasteiger partial charge in [-0.3, -0.25) is 14.8 Å². The molecule has 1 aromatic heterocycles. The highest BCUT2D eigenvalue weighted by atomic mass is 16.5. The van der Waals surface area contributed by atoms with Crippen LogP contribution in [-0.2, 0) is 20.8 Å². The minimum atomic E-state index is -0.250. The molecular weight excluding hydrogens is 302 g/mol. The van der Waals surface area contributed by atoms with E-state index >= 15 is 0 Å². The fraction of sp³-hybridized carbons (Fsp3) is 0.643. The number of morpholine rings is 1. The molecule has 0 bridgehead atoms. The Morgan fingerprint density at radius 3 is 3.00 bits per heavy atom. The summed E-state index contributed by atoms with van der Waals surface area (Å²) >= 11 is 0. The van der Waals surface area contributed by atoms with E-state index in [1.54, 1.807) is 29.8 Å². The summed E-state index contributed by atoms with van der Waals surface area (Å²) in [6, 6.07) is 1.36. The van der Waals surface area contributed by atoms with Crippen molar-refractivity contribution >= 4 is 17.8 Å². The number of urea groups is 1. The van der Waals surface area contributed by atoms with E-state index < -0.39 is 0 Å². The molecular formula is C14H23N5O4. The fourth-order valence-corrected chi connectivity index (χ4v) is 2.38. The largest absolute Gasteiger partial charge is 0.382 e. The number of likely N-dealkylation sites (N-methyl/N-ethyl adjacent to an activating group) is 1. The number of methoxy groups -OCH3 is 1. The molecule has 23 heavy (non-hydrogen) atoms. The molecule has 1 unspecified atom stereocenters. The zero-order chi connectivity index (χ0) is 16.8. The van der Waals surface area contributed by atoms with Gasteiger partial charge in [0.05, 0.1) is 25.9 Å². The number of nitrogens with one attached hydrogen (secondary N) is 2. The number of carbonyl (C=O) groups excluding carboxylic acids is 2. The fourth-order valence-electron chi connectivity index (χ4n) is 2.38. The van der Waals surface area contributed by atoms with Crippen LogP contribution in [0, 0.1) is 6.92 Å². The highest BCUT2D eigenvalue weighted by molar-refractivity contribution is 5.88. The standard InChI is InChI=1S/C14H23N5O4/c1-10-6-12(17-19(10)7-13(20)15-2)16-14(21)18-4-5-23-9-11(18)8-22-3/h6,11H,4-5,7-9H2,1-3H3,(H,15,20)(H,16,17,21). The number of anilines is 1. The molecule has 9 heteroatoms. The molecule has 0 radical (unpaired) electrons. The van der Waals surface area contributed by atoms with Crippen LogP contribution >= 0.6 is 0 Å². The minimum absolute atomic E-state index is 0.113. The molecule has 1 saturated heterocycles. The molecule has 3 amide bonds. The molecule has 0 aliphatic carbocycles. The summed E-state index contributed by atoms with van der Waals surface area (Å²) in [6.45, 7) is 3.80. The van der Waals surface area contributed by atoms with Gasteiger partial charge in [-0.1, -0.05) is 0 Å². The van der Waals surface area contributed by atoms with Crippen LogP contribution in [0.4, 0.5) is 10.6 Å². The first-order valence-electron chi connectivity index (χ1n) is 7.44. The van der Waals surface area contributed by atoms with Crippen LogP contribution in [0.5, 0.6) is 0 Å². The van der Waals surface area contributed by atoms with Gasteiger partial charge in [-0.15, -0.1) is 0 Å². The number of rotatable bonds is 5. The third-order valence-corrected chi connectivity index (χ3v) is 3.64. The molecule has 1 aliphatic rings. The third kappa shape index (κ3) is 4.42. The van der Waals surface area contributed by atoms with Crippen LogP contribution in [-0.4, -0.2) is 73.2 Å². The SMILES string of the molecule is CNC(=O)Cn1nc(NC(=O)N2CCOCC2COC)cc1C. The average Bonchev–Trinajstić information content (AvgIpc) is 2.87. The van der Waals surface area contributed by atoms with Crippen LogP contribution in [0.15, 0.2) is 6.07 Å². The van der Waals surface area contributed by atoms with Crippen LogP contribution in [0.1, 0.15) is 5.69 Å². The van der Waals surface area contributed by atoms with Crippen molar-refractivity contribution in [2.45, 2.75) is 19.5 Å². The number of aromatic nitrogens is 2. The normalized spacial score (nSPS) is 17.9. The van der Waals surface area contributed by atoms with Gasteiger partial charge in [0, 0.05) is 32.5 Å². The number of hydrogen-bond donors (Lipinski definition) is 2. The number of amides is 3. The first kappa shape index (κ1) is 17.2. The lowest BCUT2D eigenvalue weighted by molar-refractivity contribution is -0.121. The predicted molar refractivity (Wildman–Crippen MR) is 83.2 cm³/mol. The second-order valence-corrected chi connectivity index (χ2v) is 5.31. The number of aryl methyl sites for hydroxylation is 1. The van der Waals surface area contributed by atoms with Crippen LogP contribution < -0.4 is 10.6 Å². The smallest absolute Gasteiger partial charge is 0.323 e. The molecule has 0 saturated carbocycles. The summed E-state index contributed by atoms with van der Waals surface area (Å²) in [4.78, 5) is 25.5. The van der Waals surface area contributed by atoms with Crippen LogP contribution in [0.3, 0.4) is 0 Å². The van der Waals surface area contributed by atoms with E-state index in [1.807, 2.05) is 6.92 Å². The number of carbonyl (C=O) groups is 2. The van der Waals surface area contributed by atoms with Crippen molar-refractivity contribution in [2.24, 2.45) is 0 Å². The van der Waals surface area contributed by atoms with Crippen molar-refractivity contribution in [1.29, 1.82) is 0 Å². The van der Waals surface area contributed by atoms with Crippen LogP contribution in [0.25, 0.3) is 0 Å². The van der Waals surface area contributed by atoms with Gasteiger partial charge in [-0.2, -0.15) is 5.10 Å². The highest BCUT2D eigenvalue weighted by Gasteiger charge is 2.27. The van der Waals surface area contributed by atoms with Crippen molar-refractivity contribution in [1.82, 2.24) is 20.0 Å². The second-order valence-electron chi connectivity index (χ2n) is 5.31. The zero-order valence-electron chi connectivity index (χ0n) is 13.7. The number of hydrogen-bond acceptors (Lipinski definition) is 5. The lowest BCUT2D eigenvalue weighted by Gasteiger charge is -2.34. The monoisotopic (exact) mass is 325 g/mol. The zero-order valence-corrected chi connectivity index (χ0v) is 13.7. The predicted octanol–water partition coefficient (Wildman–Crippen LogP) is -0.183. The lowest BCUT2D eigenvalue weighted by Crippen LogP contribution is -2.52. The Bertz CT molecular complexity index is 557. The summed E-state index contributed by atoms with van der Waals surface area (Å²) < 4.78 is 12.0. The summed E-state index contributed by atoms with van der Waals surface area (Å²) in [5.41, 5.74) is 0.791. The average molecular weight is 325 g/mol. The molecule has 1 aliphatic heterocycles. The maximum Gasteiger partial charge on any atom is 0.323 e. The van der Waals surface area contributed by atoms with Gasteiger partial charge >= 0.3 is 6.03 Å². The molecule has 2 rings (SSSR count). The summed E-state index contributed by atoms with van der Waals surface area (Å²) in [6.07, 6.45) is 0.